The van der Waals surface area contributed by atoms with E-state index >= 15 is 0 Å². The fourth-order valence-electron chi connectivity index (χ4n) is 3.31. The minimum Gasteiger partial charge on any atom is -1.00 e. The number of halogens is 10. The summed E-state index contributed by atoms with van der Waals surface area (Å²) in [6.45, 7) is 0. The van der Waals surface area contributed by atoms with E-state index < -0.39 is 22.9 Å². The molecule has 0 heterocycles. The van der Waals surface area contributed by atoms with Crippen molar-refractivity contribution in [2.45, 2.75) is 7.35 Å². The van der Waals surface area contributed by atoms with Crippen LogP contribution < -0.4 is 24.8 Å². The van der Waals surface area contributed by atoms with Gasteiger partial charge in [0.15, 0.2) is 0 Å². The third-order valence-corrected chi connectivity index (χ3v) is 14.3. The molecule has 2 aliphatic rings. The van der Waals surface area contributed by atoms with E-state index in [2.05, 4.69) is 12.2 Å². The Balaban J connectivity index is 0.00000150. The van der Waals surface area contributed by atoms with Gasteiger partial charge in [-0.15, -0.1) is 0 Å². The van der Waals surface area contributed by atoms with Gasteiger partial charge < -0.3 is 24.8 Å². The zero-order chi connectivity index (χ0) is 19.6. The Labute approximate surface area is 232 Å². The van der Waals surface area contributed by atoms with Crippen molar-refractivity contribution in [3.8, 4) is 0 Å². The maximum Gasteiger partial charge on any atom is -1.00 e. The standard InChI is InChI=1S/2C9H3Cl4.2ClH.Hf/c2*10-6-4-2-1-3-5(4)7(11)9(13)8(6)12;;;/h2*1-3H;2*1H;/q;;;;+2/p-2. The van der Waals surface area contributed by atoms with Crippen LogP contribution in [0.25, 0.3) is 12.2 Å². The van der Waals surface area contributed by atoms with E-state index in [-0.39, 0.29) is 52.3 Å². The second-order valence-corrected chi connectivity index (χ2v) is 14.7. The Bertz CT molecular complexity index is 977. The molecule has 0 aromatic heterocycles. The molecule has 2 unspecified atom stereocenters. The van der Waals surface area contributed by atoms with Crippen LogP contribution in [-0.2, 0) is 22.9 Å². The summed E-state index contributed by atoms with van der Waals surface area (Å²) in [5, 5.41) is 2.93. The van der Waals surface area contributed by atoms with Crippen molar-refractivity contribution in [1.29, 1.82) is 0 Å². The predicted octanol–water partition coefficient (Wildman–Crippen LogP) is 3.84. The number of allylic oxidation sites excluding steroid dienone is 2. The van der Waals surface area contributed by atoms with Crippen LogP contribution in [0.4, 0.5) is 0 Å². The van der Waals surface area contributed by atoms with E-state index in [0.717, 1.165) is 22.3 Å². The van der Waals surface area contributed by atoms with Gasteiger partial charge in [0, 0.05) is 0 Å². The molecule has 2 aromatic carbocycles. The Kier molecular flexibility index (Phi) is 9.58. The smallest absolute Gasteiger partial charge is 1.00 e. The topological polar surface area (TPSA) is 0 Å². The summed E-state index contributed by atoms with van der Waals surface area (Å²) >= 11 is 49.2. The molecule has 0 saturated heterocycles. The van der Waals surface area contributed by atoms with Crippen molar-refractivity contribution in [1.82, 2.24) is 0 Å². The van der Waals surface area contributed by atoms with E-state index in [0.29, 0.717) is 20.1 Å². The van der Waals surface area contributed by atoms with Crippen LogP contribution in [0.2, 0.25) is 40.2 Å². The van der Waals surface area contributed by atoms with Crippen LogP contribution in [0.15, 0.2) is 12.2 Å². The van der Waals surface area contributed by atoms with Gasteiger partial charge in [0.1, 0.15) is 0 Å². The fraction of sp³-hybridized carbons (Fsp3) is 0.111. The Hall–Kier alpha value is 1.69. The zero-order valence-corrected chi connectivity index (χ0v) is 24.9. The molecule has 0 saturated carbocycles. The molecule has 29 heavy (non-hydrogen) atoms. The summed E-state index contributed by atoms with van der Waals surface area (Å²) in [4.78, 5) is 0. The molecule has 0 fully saturated rings. The van der Waals surface area contributed by atoms with Crippen LogP contribution in [0.5, 0.6) is 0 Å². The molecule has 0 radical (unpaired) electrons. The number of benzene rings is 2. The van der Waals surface area contributed by atoms with E-state index in [9.17, 15) is 0 Å². The van der Waals surface area contributed by atoms with Gasteiger partial charge in [-0.2, -0.15) is 0 Å². The van der Waals surface area contributed by atoms with Crippen molar-refractivity contribution >= 4 is 105 Å². The normalized spacial score (nSPS) is 18.1. The van der Waals surface area contributed by atoms with Gasteiger partial charge in [-0.25, -0.2) is 0 Å². The second-order valence-electron chi connectivity index (χ2n) is 6.01. The first-order valence-electron chi connectivity index (χ1n) is 7.58. The van der Waals surface area contributed by atoms with E-state index in [1.807, 2.05) is 12.2 Å². The molecule has 152 valence electrons. The minimum atomic E-state index is -1.46. The maximum absolute atomic E-state index is 6.51. The molecule has 0 aliphatic heterocycles. The van der Waals surface area contributed by atoms with Gasteiger partial charge in [0.05, 0.1) is 0 Å². The van der Waals surface area contributed by atoms with Gasteiger partial charge in [-0.3, -0.25) is 0 Å². The van der Waals surface area contributed by atoms with Crippen molar-refractivity contribution < 1.29 is 47.7 Å². The largest absolute Gasteiger partial charge is 1.00 e. The average Bonchev–Trinajstić information content (AvgIpc) is 3.26. The number of fused-ring (bicyclic) bond motifs is 2. The summed E-state index contributed by atoms with van der Waals surface area (Å²) in [5.41, 5.74) is 3.58. The van der Waals surface area contributed by atoms with Crippen molar-refractivity contribution in [2.75, 3.05) is 0 Å². The van der Waals surface area contributed by atoms with Crippen molar-refractivity contribution in [3.05, 3.63) is 74.6 Å². The summed E-state index contributed by atoms with van der Waals surface area (Å²) in [7, 11) is 0. The average molecular weight is 755 g/mol. The molecule has 4 rings (SSSR count). The summed E-state index contributed by atoms with van der Waals surface area (Å²) in [5.74, 6) is 0. The Morgan fingerprint density at radius 2 is 0.793 bits per heavy atom. The van der Waals surface area contributed by atoms with Crippen molar-refractivity contribution in [2.24, 2.45) is 0 Å². The van der Waals surface area contributed by atoms with Crippen LogP contribution in [0.1, 0.15) is 29.6 Å². The predicted molar refractivity (Wildman–Crippen MR) is 117 cm³/mol. The number of hydrogen-bond acceptors (Lipinski definition) is 0. The molecule has 2 atom stereocenters. The van der Waals surface area contributed by atoms with Gasteiger partial charge in [-0.05, 0) is 0 Å². The van der Waals surface area contributed by atoms with E-state index in [4.69, 9.17) is 92.8 Å². The van der Waals surface area contributed by atoms with Crippen LogP contribution >= 0.6 is 92.8 Å². The van der Waals surface area contributed by atoms with Gasteiger partial charge in [0.25, 0.3) is 0 Å². The molecule has 2 aromatic rings. The van der Waals surface area contributed by atoms with E-state index in [1.165, 1.54) is 0 Å². The summed E-state index contributed by atoms with van der Waals surface area (Å²) in [6.07, 6.45) is 8.17. The molecule has 0 N–H and O–H groups in total. The quantitative estimate of drug-likeness (QED) is 0.249. The van der Waals surface area contributed by atoms with E-state index in [1.54, 1.807) is 0 Å². The molecule has 11 heteroatoms. The number of rotatable bonds is 2. The zero-order valence-electron chi connectivity index (χ0n) is 13.7. The third-order valence-electron chi connectivity index (χ3n) is 4.57. The third kappa shape index (κ3) is 4.43. The molecule has 0 bridgehead atoms. The first-order chi connectivity index (χ1) is 12.7. The molecular weight excluding hydrogens is 749 g/mol. The molecule has 0 nitrogen and oxygen atoms in total. The van der Waals surface area contributed by atoms with Crippen LogP contribution in [0.3, 0.4) is 0 Å². The van der Waals surface area contributed by atoms with Gasteiger partial charge >= 0.3 is 210 Å². The fourth-order valence-corrected chi connectivity index (χ4v) is 12.3. The monoisotopic (exact) mass is 752 g/mol. The molecule has 0 amide bonds. The SMILES string of the molecule is Clc1c(Cl)c(Cl)c2c(c1Cl)C=C[CH]2[Hf+2][CH]1C=Cc2c(Cl)c(Cl)c(Cl)c(Cl)c21.[Cl-].[Cl-]. The number of hydrogen-bond donors (Lipinski definition) is 0. The molecular formula is C18H6Cl10Hf. The molecule has 0 spiro atoms. The Morgan fingerprint density at radius 1 is 0.483 bits per heavy atom. The first kappa shape index (κ1) is 26.9. The first-order valence-corrected chi connectivity index (χ1v) is 14.7. The van der Waals surface area contributed by atoms with Crippen molar-refractivity contribution in [3.63, 3.8) is 0 Å². The maximum atomic E-state index is 6.51. The molecule has 2 aliphatic carbocycles. The Morgan fingerprint density at radius 3 is 1.14 bits per heavy atom. The van der Waals surface area contributed by atoms with Gasteiger partial charge in [-0.1, -0.05) is 0 Å². The van der Waals surface area contributed by atoms with Crippen LogP contribution in [0, 0.1) is 0 Å². The second kappa shape index (κ2) is 10.3. The minimum absolute atomic E-state index is 0. The summed E-state index contributed by atoms with van der Waals surface area (Å²) in [6, 6.07) is 0. The van der Waals surface area contributed by atoms with Gasteiger partial charge in [0.2, 0.25) is 0 Å². The summed E-state index contributed by atoms with van der Waals surface area (Å²) < 4.78 is 0.370. The van der Waals surface area contributed by atoms with Crippen LogP contribution in [-0.4, -0.2) is 0 Å².